The van der Waals surface area contributed by atoms with Gasteiger partial charge in [0.15, 0.2) is 5.65 Å². The maximum absolute atomic E-state index is 12.8. The number of rotatable bonds is 2. The van der Waals surface area contributed by atoms with Crippen LogP contribution in [-0.4, -0.2) is 42.4 Å². The molecule has 1 aliphatic heterocycles. The van der Waals surface area contributed by atoms with Gasteiger partial charge in [-0.15, -0.1) is 5.10 Å². The van der Waals surface area contributed by atoms with E-state index in [2.05, 4.69) is 20.5 Å². The predicted octanol–water partition coefficient (Wildman–Crippen LogP) is 1.50. The van der Waals surface area contributed by atoms with E-state index < -0.39 is 0 Å². The third-order valence-electron chi connectivity index (χ3n) is 3.99. The van der Waals surface area contributed by atoms with Crippen LogP contribution in [0.2, 0.25) is 0 Å². The third-order valence-corrected chi connectivity index (χ3v) is 3.99. The minimum Gasteiger partial charge on any atom is -0.330 e. The topological polar surface area (TPSA) is 76.3 Å². The summed E-state index contributed by atoms with van der Waals surface area (Å²) in [6, 6.07) is 9.33. The lowest BCUT2D eigenvalue weighted by atomic mass is 10.1. The van der Waals surface area contributed by atoms with Gasteiger partial charge in [-0.05, 0) is 47.5 Å². The van der Waals surface area contributed by atoms with E-state index >= 15 is 0 Å². The van der Waals surface area contributed by atoms with Gasteiger partial charge in [0.05, 0.1) is 11.7 Å². The highest BCUT2D eigenvalue weighted by Gasteiger charge is 2.31. The lowest BCUT2D eigenvalue weighted by Crippen LogP contribution is -2.31. The van der Waals surface area contributed by atoms with Crippen molar-refractivity contribution in [3.63, 3.8) is 0 Å². The Bertz CT molecular complexity index is 815. The van der Waals surface area contributed by atoms with Crippen molar-refractivity contribution in [3.05, 3.63) is 54.0 Å². The zero-order valence-electron chi connectivity index (χ0n) is 11.8. The third kappa shape index (κ3) is 2.11. The lowest BCUT2D eigenvalue weighted by Gasteiger charge is -2.24. The number of aromatic nitrogens is 5. The van der Waals surface area contributed by atoms with Gasteiger partial charge in [0, 0.05) is 24.5 Å². The fourth-order valence-electron chi connectivity index (χ4n) is 2.93. The Morgan fingerprint density at radius 3 is 3.09 bits per heavy atom. The second-order valence-electron chi connectivity index (χ2n) is 5.31. The molecule has 3 aromatic rings. The fourth-order valence-corrected chi connectivity index (χ4v) is 2.93. The molecule has 1 atom stereocenters. The van der Waals surface area contributed by atoms with E-state index in [0.29, 0.717) is 11.2 Å². The molecular weight excluding hydrogens is 280 g/mol. The monoisotopic (exact) mass is 294 g/mol. The number of fused-ring (bicyclic) bond motifs is 1. The van der Waals surface area contributed by atoms with Crippen LogP contribution in [0, 0.1) is 0 Å². The number of likely N-dealkylation sites (tertiary alicyclic amines) is 1. The highest BCUT2D eigenvalue weighted by atomic mass is 16.2. The van der Waals surface area contributed by atoms with Gasteiger partial charge in [-0.2, -0.15) is 0 Å². The van der Waals surface area contributed by atoms with Gasteiger partial charge >= 0.3 is 0 Å². The van der Waals surface area contributed by atoms with E-state index in [4.69, 9.17) is 0 Å². The Kier molecular flexibility index (Phi) is 3.03. The molecule has 0 saturated carbocycles. The van der Waals surface area contributed by atoms with E-state index in [1.54, 1.807) is 24.5 Å². The molecule has 7 heteroatoms. The molecule has 7 nitrogen and oxygen atoms in total. The molecule has 0 unspecified atom stereocenters. The van der Waals surface area contributed by atoms with Crippen LogP contribution in [0.1, 0.15) is 34.9 Å². The van der Waals surface area contributed by atoms with E-state index in [1.807, 2.05) is 23.1 Å². The average Bonchev–Trinajstić information content (AvgIpc) is 3.23. The molecule has 1 aliphatic rings. The predicted molar refractivity (Wildman–Crippen MR) is 78.0 cm³/mol. The first-order chi connectivity index (χ1) is 10.8. The smallest absolute Gasteiger partial charge is 0.254 e. The van der Waals surface area contributed by atoms with Crippen molar-refractivity contribution in [1.82, 2.24) is 29.9 Å². The highest BCUT2D eigenvalue weighted by molar-refractivity contribution is 5.95. The van der Waals surface area contributed by atoms with Crippen LogP contribution >= 0.6 is 0 Å². The molecule has 4 rings (SSSR count). The number of tetrazole rings is 1. The van der Waals surface area contributed by atoms with Gasteiger partial charge in [-0.1, -0.05) is 6.07 Å². The SMILES string of the molecule is O=C(c1ccn2nnnc2c1)N1CCC[C@H]1c1ccccn1. The lowest BCUT2D eigenvalue weighted by molar-refractivity contribution is 0.0733. The molecule has 4 heterocycles. The quantitative estimate of drug-likeness (QED) is 0.716. The molecule has 0 radical (unpaired) electrons. The molecule has 0 N–H and O–H groups in total. The normalized spacial score (nSPS) is 18.0. The fraction of sp³-hybridized carbons (Fsp3) is 0.267. The molecule has 0 aromatic carbocycles. The van der Waals surface area contributed by atoms with Crippen LogP contribution in [0.4, 0.5) is 0 Å². The van der Waals surface area contributed by atoms with Gasteiger partial charge in [-0.3, -0.25) is 9.78 Å². The van der Waals surface area contributed by atoms with Crippen molar-refractivity contribution in [2.75, 3.05) is 6.54 Å². The van der Waals surface area contributed by atoms with Gasteiger partial charge < -0.3 is 4.90 Å². The van der Waals surface area contributed by atoms with Crippen molar-refractivity contribution in [2.45, 2.75) is 18.9 Å². The summed E-state index contributed by atoms with van der Waals surface area (Å²) in [4.78, 5) is 19.1. The summed E-state index contributed by atoms with van der Waals surface area (Å²) in [5.41, 5.74) is 2.11. The Morgan fingerprint density at radius 1 is 1.27 bits per heavy atom. The number of pyridine rings is 2. The summed E-state index contributed by atoms with van der Waals surface area (Å²) < 4.78 is 1.54. The Morgan fingerprint density at radius 2 is 2.23 bits per heavy atom. The molecule has 0 bridgehead atoms. The second kappa shape index (κ2) is 5.18. The summed E-state index contributed by atoms with van der Waals surface area (Å²) in [6.45, 7) is 0.746. The summed E-state index contributed by atoms with van der Waals surface area (Å²) in [6.07, 6.45) is 5.40. The largest absolute Gasteiger partial charge is 0.330 e. The molecule has 0 spiro atoms. The van der Waals surface area contributed by atoms with E-state index in [-0.39, 0.29) is 11.9 Å². The molecule has 1 fully saturated rings. The number of hydrogen-bond acceptors (Lipinski definition) is 5. The molecule has 0 aliphatic carbocycles. The number of amides is 1. The van der Waals surface area contributed by atoms with E-state index in [9.17, 15) is 4.79 Å². The Hall–Kier alpha value is -2.83. The van der Waals surface area contributed by atoms with E-state index in [1.165, 1.54) is 4.52 Å². The van der Waals surface area contributed by atoms with Crippen LogP contribution in [0.25, 0.3) is 5.65 Å². The van der Waals surface area contributed by atoms with Crippen molar-refractivity contribution < 1.29 is 4.79 Å². The molecule has 3 aromatic heterocycles. The second-order valence-corrected chi connectivity index (χ2v) is 5.31. The number of nitrogens with zero attached hydrogens (tertiary/aromatic N) is 6. The van der Waals surface area contributed by atoms with Crippen LogP contribution in [0.15, 0.2) is 42.7 Å². The van der Waals surface area contributed by atoms with Crippen LogP contribution < -0.4 is 0 Å². The summed E-state index contributed by atoms with van der Waals surface area (Å²) in [7, 11) is 0. The van der Waals surface area contributed by atoms with Gasteiger partial charge in [0.2, 0.25) is 0 Å². The highest BCUT2D eigenvalue weighted by Crippen LogP contribution is 2.31. The summed E-state index contributed by atoms with van der Waals surface area (Å²) >= 11 is 0. The van der Waals surface area contributed by atoms with Crippen molar-refractivity contribution in [3.8, 4) is 0 Å². The van der Waals surface area contributed by atoms with Gasteiger partial charge in [0.25, 0.3) is 5.91 Å². The standard InChI is InChI=1S/C15H14N6O/c22-15(11-6-9-21-14(10-11)17-18-19-21)20-8-3-5-13(20)12-4-1-2-7-16-12/h1-2,4,6-7,9-10,13H,3,5,8H2/t13-/m0/s1. The number of hydrogen-bond donors (Lipinski definition) is 0. The molecule has 110 valence electrons. The Labute approximate surface area is 126 Å². The summed E-state index contributed by atoms with van der Waals surface area (Å²) in [5, 5.41) is 11.3. The van der Waals surface area contributed by atoms with Crippen molar-refractivity contribution >= 4 is 11.6 Å². The van der Waals surface area contributed by atoms with Crippen molar-refractivity contribution in [1.29, 1.82) is 0 Å². The van der Waals surface area contributed by atoms with Gasteiger partial charge in [0.1, 0.15) is 0 Å². The van der Waals surface area contributed by atoms with Crippen LogP contribution in [0.5, 0.6) is 0 Å². The number of carbonyl (C=O) groups excluding carboxylic acids is 1. The number of carbonyl (C=O) groups is 1. The maximum Gasteiger partial charge on any atom is 0.254 e. The first-order valence-corrected chi connectivity index (χ1v) is 7.22. The molecular formula is C15H14N6O. The van der Waals surface area contributed by atoms with E-state index in [0.717, 1.165) is 25.1 Å². The maximum atomic E-state index is 12.8. The first kappa shape index (κ1) is 12.9. The van der Waals surface area contributed by atoms with Gasteiger partial charge in [-0.25, -0.2) is 4.52 Å². The average molecular weight is 294 g/mol. The first-order valence-electron chi connectivity index (χ1n) is 7.22. The molecule has 1 amide bonds. The van der Waals surface area contributed by atoms with Crippen molar-refractivity contribution in [2.24, 2.45) is 0 Å². The Balaban J connectivity index is 1.66. The van der Waals surface area contributed by atoms with Crippen LogP contribution in [-0.2, 0) is 0 Å². The molecule has 22 heavy (non-hydrogen) atoms. The molecule has 1 saturated heterocycles. The minimum atomic E-state index is -0.00125. The summed E-state index contributed by atoms with van der Waals surface area (Å²) in [5.74, 6) is -0.00125. The van der Waals surface area contributed by atoms with Crippen LogP contribution in [0.3, 0.4) is 0 Å². The minimum absolute atomic E-state index is 0.00125. The zero-order chi connectivity index (χ0) is 14.9. The zero-order valence-corrected chi connectivity index (χ0v) is 11.8.